The Morgan fingerprint density at radius 2 is 1.77 bits per heavy atom. The molecule has 1 saturated heterocycles. The Labute approximate surface area is 129 Å². The van der Waals surface area contributed by atoms with Crippen molar-refractivity contribution in [1.29, 1.82) is 0 Å². The molecule has 4 aliphatic rings. The van der Waals surface area contributed by atoms with Gasteiger partial charge in [-0.1, -0.05) is 36.4 Å². The summed E-state index contributed by atoms with van der Waals surface area (Å²) in [5, 5.41) is 0. The van der Waals surface area contributed by atoms with Crippen molar-refractivity contribution in [3.8, 4) is 0 Å². The van der Waals surface area contributed by atoms with Gasteiger partial charge in [0.25, 0.3) is 5.91 Å². The molecule has 2 bridgehead atoms. The molecule has 0 unspecified atom stereocenters. The fourth-order valence-corrected chi connectivity index (χ4v) is 4.46. The van der Waals surface area contributed by atoms with E-state index in [2.05, 4.69) is 24.3 Å². The van der Waals surface area contributed by atoms with Crippen LogP contribution in [0.1, 0.15) is 23.0 Å². The van der Waals surface area contributed by atoms with E-state index in [-0.39, 0.29) is 29.8 Å². The molecule has 5 heteroatoms. The van der Waals surface area contributed by atoms with Crippen molar-refractivity contribution in [2.75, 3.05) is 21.2 Å². The Bertz CT molecular complexity index is 714. The largest absolute Gasteiger partial charge is 0.365 e. The van der Waals surface area contributed by atoms with Gasteiger partial charge in [-0.25, -0.2) is 4.79 Å². The van der Waals surface area contributed by atoms with Crippen LogP contribution in [0, 0.1) is 0 Å². The average Bonchev–Trinajstić information content (AvgIpc) is 2.57. The van der Waals surface area contributed by atoms with Crippen LogP contribution >= 0.6 is 0 Å². The molecule has 0 aromatic heterocycles. The highest BCUT2D eigenvalue weighted by Gasteiger charge is 2.66. The molecule has 4 atom stereocenters. The first-order chi connectivity index (χ1) is 10.5. The van der Waals surface area contributed by atoms with Crippen molar-refractivity contribution >= 4 is 11.9 Å². The molecule has 0 saturated carbocycles. The van der Waals surface area contributed by atoms with Crippen molar-refractivity contribution in [2.45, 2.75) is 23.5 Å². The summed E-state index contributed by atoms with van der Waals surface area (Å²) in [6.45, 7) is 0. The number of amides is 3. The van der Waals surface area contributed by atoms with E-state index in [1.165, 1.54) is 17.5 Å². The summed E-state index contributed by atoms with van der Waals surface area (Å²) in [7, 11) is 4.84. The quantitative estimate of drug-likeness (QED) is 0.742. The van der Waals surface area contributed by atoms with Crippen LogP contribution in [0.3, 0.4) is 0 Å². The number of methoxy groups -OCH3 is 1. The zero-order valence-corrected chi connectivity index (χ0v) is 12.8. The Kier molecular flexibility index (Phi) is 2.58. The normalized spacial score (nSPS) is 35.7. The van der Waals surface area contributed by atoms with Crippen LogP contribution in [-0.2, 0) is 9.53 Å². The van der Waals surface area contributed by atoms with Gasteiger partial charge in [-0.3, -0.25) is 9.69 Å². The van der Waals surface area contributed by atoms with Crippen molar-refractivity contribution in [3.63, 3.8) is 0 Å². The van der Waals surface area contributed by atoms with Gasteiger partial charge in [0.15, 0.2) is 5.60 Å². The minimum atomic E-state index is -1.04. The predicted octanol–water partition coefficient (Wildman–Crippen LogP) is 1.71. The van der Waals surface area contributed by atoms with Gasteiger partial charge >= 0.3 is 6.03 Å². The van der Waals surface area contributed by atoms with Gasteiger partial charge in [-0.2, -0.15) is 0 Å². The highest BCUT2D eigenvalue weighted by Crippen LogP contribution is 2.55. The summed E-state index contributed by atoms with van der Waals surface area (Å²) in [6.07, 6.45) is 4.17. The third-order valence-corrected chi connectivity index (χ3v) is 5.43. The molecule has 5 rings (SSSR count). The molecule has 3 amide bonds. The lowest BCUT2D eigenvalue weighted by Crippen LogP contribution is -2.75. The lowest BCUT2D eigenvalue weighted by atomic mass is 9.58. The van der Waals surface area contributed by atoms with Gasteiger partial charge in [0.1, 0.15) is 0 Å². The number of likely N-dealkylation sites (N-methyl/N-ethyl adjacent to an activating group) is 2. The SMILES string of the molecule is CO[C@@]12C(=O)N(C)C(=O)N(C)[C@@H]1[C@H]1C=C[C@@H]2c2ccccc21. The number of urea groups is 1. The molecule has 1 aromatic rings. The number of hydrogen-bond donors (Lipinski definition) is 0. The maximum Gasteiger partial charge on any atom is 0.326 e. The minimum Gasteiger partial charge on any atom is -0.365 e. The summed E-state index contributed by atoms with van der Waals surface area (Å²) in [5.74, 6) is -0.445. The number of nitrogens with zero attached hydrogens (tertiary/aromatic N) is 2. The molecule has 22 heavy (non-hydrogen) atoms. The van der Waals surface area contributed by atoms with Crippen LogP contribution in [-0.4, -0.2) is 54.6 Å². The van der Waals surface area contributed by atoms with Crippen LogP contribution in [0.25, 0.3) is 0 Å². The summed E-state index contributed by atoms with van der Waals surface area (Å²) in [6, 6.07) is 7.53. The van der Waals surface area contributed by atoms with E-state index in [1.54, 1.807) is 19.1 Å². The standard InChI is InChI=1S/C17H18N2O3/c1-18-14-12-8-9-13(11-7-5-4-6-10(11)12)17(14,22-3)15(20)19(2)16(18)21/h4-9,12-14H,1-3H3/t12-,13+,14+,17+/m0/s1. The van der Waals surface area contributed by atoms with Crippen LogP contribution in [0.5, 0.6) is 0 Å². The van der Waals surface area contributed by atoms with Gasteiger partial charge in [-0.05, 0) is 11.1 Å². The first kappa shape index (κ1) is 13.5. The molecule has 5 nitrogen and oxygen atoms in total. The van der Waals surface area contributed by atoms with E-state index in [1.807, 2.05) is 12.1 Å². The minimum absolute atomic E-state index is 0.0206. The number of carbonyl (C=O) groups excluding carboxylic acids is 2. The maximum absolute atomic E-state index is 13.0. The summed E-state index contributed by atoms with van der Waals surface area (Å²) in [5.41, 5.74) is 1.27. The summed E-state index contributed by atoms with van der Waals surface area (Å²) < 4.78 is 5.84. The zero-order chi connectivity index (χ0) is 15.6. The maximum atomic E-state index is 13.0. The molecule has 114 valence electrons. The fraction of sp³-hybridized carbons (Fsp3) is 0.412. The Hall–Kier alpha value is -2.14. The number of hydrogen-bond acceptors (Lipinski definition) is 3. The van der Waals surface area contributed by atoms with Gasteiger partial charge in [0.05, 0.1) is 6.04 Å². The molecule has 1 aliphatic heterocycles. The summed E-state index contributed by atoms with van der Waals surface area (Å²) >= 11 is 0. The fourth-order valence-electron chi connectivity index (χ4n) is 4.46. The Balaban J connectivity index is 2.00. The Morgan fingerprint density at radius 1 is 1.09 bits per heavy atom. The van der Waals surface area contributed by atoms with Crippen LogP contribution in [0.15, 0.2) is 36.4 Å². The van der Waals surface area contributed by atoms with E-state index in [0.717, 1.165) is 5.56 Å². The molecule has 1 fully saturated rings. The van der Waals surface area contributed by atoms with Crippen LogP contribution in [0.4, 0.5) is 4.79 Å². The highest BCUT2D eigenvalue weighted by atomic mass is 16.5. The molecular formula is C17H18N2O3. The topological polar surface area (TPSA) is 49.9 Å². The van der Waals surface area contributed by atoms with Gasteiger partial charge in [0, 0.05) is 33.0 Å². The van der Waals surface area contributed by atoms with Crippen molar-refractivity contribution in [1.82, 2.24) is 9.80 Å². The second-order valence-electron chi connectivity index (χ2n) is 6.22. The monoisotopic (exact) mass is 298 g/mol. The first-order valence-electron chi connectivity index (χ1n) is 7.41. The number of imide groups is 1. The molecular weight excluding hydrogens is 280 g/mol. The van der Waals surface area contributed by atoms with Crippen molar-refractivity contribution in [3.05, 3.63) is 47.5 Å². The molecule has 1 heterocycles. The lowest BCUT2D eigenvalue weighted by molar-refractivity contribution is -0.172. The van der Waals surface area contributed by atoms with Gasteiger partial charge in [-0.15, -0.1) is 0 Å². The average molecular weight is 298 g/mol. The molecule has 1 aromatic carbocycles. The van der Waals surface area contributed by atoms with E-state index < -0.39 is 5.60 Å². The number of benzene rings is 1. The van der Waals surface area contributed by atoms with E-state index in [0.29, 0.717) is 0 Å². The van der Waals surface area contributed by atoms with E-state index in [9.17, 15) is 9.59 Å². The molecule has 0 N–H and O–H groups in total. The van der Waals surface area contributed by atoms with Crippen LogP contribution < -0.4 is 0 Å². The third kappa shape index (κ3) is 1.28. The van der Waals surface area contributed by atoms with Gasteiger partial charge < -0.3 is 9.64 Å². The Morgan fingerprint density at radius 3 is 2.45 bits per heavy atom. The summed E-state index contributed by atoms with van der Waals surface area (Å²) in [4.78, 5) is 28.2. The second kappa shape index (κ2) is 4.20. The highest BCUT2D eigenvalue weighted by molar-refractivity contribution is 6.03. The van der Waals surface area contributed by atoms with E-state index in [4.69, 9.17) is 4.74 Å². The van der Waals surface area contributed by atoms with Crippen molar-refractivity contribution < 1.29 is 14.3 Å². The second-order valence-corrected chi connectivity index (χ2v) is 6.22. The molecule has 3 aliphatic carbocycles. The predicted molar refractivity (Wildman–Crippen MR) is 80.5 cm³/mol. The zero-order valence-electron chi connectivity index (χ0n) is 12.8. The first-order valence-corrected chi connectivity index (χ1v) is 7.41. The third-order valence-electron chi connectivity index (χ3n) is 5.43. The van der Waals surface area contributed by atoms with Crippen molar-refractivity contribution in [2.24, 2.45) is 0 Å². The number of rotatable bonds is 1. The van der Waals surface area contributed by atoms with Gasteiger partial charge in [0.2, 0.25) is 0 Å². The number of ether oxygens (including phenoxy) is 1. The molecule has 0 spiro atoms. The van der Waals surface area contributed by atoms with Crippen LogP contribution in [0.2, 0.25) is 0 Å². The molecule has 0 radical (unpaired) electrons. The smallest absolute Gasteiger partial charge is 0.326 e. The van der Waals surface area contributed by atoms with E-state index >= 15 is 0 Å². The lowest BCUT2D eigenvalue weighted by Gasteiger charge is -2.58. The number of carbonyl (C=O) groups is 2.